The number of carbonyl (C=O) groups excluding carboxylic acids is 1. The molecule has 2 aliphatic rings. The summed E-state index contributed by atoms with van der Waals surface area (Å²) >= 11 is 0. The van der Waals surface area contributed by atoms with Crippen LogP contribution in [-0.4, -0.2) is 31.9 Å². The number of sulfone groups is 1. The van der Waals surface area contributed by atoms with Gasteiger partial charge < -0.3 is 4.90 Å². The molecule has 1 aromatic rings. The minimum Gasteiger partial charge on any atom is -0.308 e. The molecule has 1 amide bonds. The van der Waals surface area contributed by atoms with Gasteiger partial charge in [-0.15, -0.1) is 0 Å². The van der Waals surface area contributed by atoms with E-state index in [1.807, 2.05) is 0 Å². The van der Waals surface area contributed by atoms with E-state index in [4.69, 9.17) is 0 Å². The van der Waals surface area contributed by atoms with E-state index in [1.165, 1.54) is 17.0 Å². The van der Waals surface area contributed by atoms with Gasteiger partial charge in [0.15, 0.2) is 9.84 Å². The molecule has 0 radical (unpaired) electrons. The van der Waals surface area contributed by atoms with Crippen LogP contribution in [0.15, 0.2) is 24.3 Å². The second kappa shape index (κ2) is 4.46. The number of nitrogens with zero attached hydrogens (tertiary/aromatic N) is 1. The summed E-state index contributed by atoms with van der Waals surface area (Å²) in [5.74, 6) is -0.894. The third-order valence-electron chi connectivity index (χ3n) is 3.93. The van der Waals surface area contributed by atoms with Crippen molar-refractivity contribution >= 4 is 21.4 Å². The molecule has 114 valence electrons. The highest BCUT2D eigenvalue weighted by molar-refractivity contribution is 7.91. The Hall–Kier alpha value is -1.57. The van der Waals surface area contributed by atoms with Crippen LogP contribution in [0.25, 0.3) is 0 Å². The van der Waals surface area contributed by atoms with Crippen molar-refractivity contribution in [3.63, 3.8) is 0 Å². The molecule has 21 heavy (non-hydrogen) atoms. The van der Waals surface area contributed by atoms with E-state index < -0.39 is 27.6 Å². The zero-order valence-electron chi connectivity index (χ0n) is 10.8. The van der Waals surface area contributed by atoms with E-state index in [1.54, 1.807) is 0 Å². The van der Waals surface area contributed by atoms with Crippen molar-refractivity contribution in [1.29, 1.82) is 0 Å². The van der Waals surface area contributed by atoms with E-state index in [9.17, 15) is 26.4 Å². The fourth-order valence-corrected chi connectivity index (χ4v) is 5.13. The van der Waals surface area contributed by atoms with Crippen molar-refractivity contribution in [3.05, 3.63) is 29.8 Å². The molecule has 2 heterocycles. The summed E-state index contributed by atoms with van der Waals surface area (Å²) in [4.78, 5) is 13.2. The van der Waals surface area contributed by atoms with Crippen molar-refractivity contribution < 1.29 is 26.4 Å². The summed E-state index contributed by atoms with van der Waals surface area (Å²) in [6.45, 7) is 0. The van der Waals surface area contributed by atoms with Crippen LogP contribution >= 0.6 is 0 Å². The molecule has 0 aromatic heterocycles. The first-order valence-electron chi connectivity index (χ1n) is 6.37. The fraction of sp³-hybridized carbons (Fsp3) is 0.462. The van der Waals surface area contributed by atoms with Gasteiger partial charge in [-0.2, -0.15) is 13.2 Å². The summed E-state index contributed by atoms with van der Waals surface area (Å²) in [5.41, 5.74) is -0.739. The van der Waals surface area contributed by atoms with Gasteiger partial charge in [-0.3, -0.25) is 4.79 Å². The lowest BCUT2D eigenvalue weighted by Gasteiger charge is -2.24. The number of benzene rings is 1. The molecule has 2 aliphatic heterocycles. The first-order chi connectivity index (χ1) is 9.67. The Kier molecular flexibility index (Phi) is 3.05. The maximum atomic E-state index is 12.7. The van der Waals surface area contributed by atoms with Crippen LogP contribution in [-0.2, 0) is 20.8 Å². The second-order valence-electron chi connectivity index (χ2n) is 5.42. The number of amides is 1. The van der Waals surface area contributed by atoms with Crippen molar-refractivity contribution in [3.8, 4) is 0 Å². The molecule has 2 saturated heterocycles. The predicted octanol–water partition coefficient (Wildman–Crippen LogP) is 1.86. The highest BCUT2D eigenvalue weighted by Crippen LogP contribution is 2.39. The third kappa shape index (κ3) is 2.52. The Morgan fingerprint density at radius 2 is 1.90 bits per heavy atom. The predicted molar refractivity (Wildman–Crippen MR) is 69.5 cm³/mol. The number of rotatable bonds is 1. The van der Waals surface area contributed by atoms with Crippen molar-refractivity contribution in [2.45, 2.75) is 18.6 Å². The number of carbonyl (C=O) groups is 1. The van der Waals surface area contributed by atoms with Crippen LogP contribution in [0.4, 0.5) is 18.9 Å². The lowest BCUT2D eigenvalue weighted by molar-refractivity contribution is -0.137. The number of fused-ring (bicyclic) bond motifs is 1. The molecule has 4 nitrogen and oxygen atoms in total. The van der Waals surface area contributed by atoms with Gasteiger partial charge in [-0.1, -0.05) is 6.07 Å². The standard InChI is InChI=1S/C13H12F3NO3S/c14-13(15,16)9-2-1-3-10(5-9)17-11-7-21(19,20)6-8(11)4-12(17)18/h1-3,5,8,11H,4,6-7H2. The Morgan fingerprint density at radius 1 is 1.19 bits per heavy atom. The second-order valence-corrected chi connectivity index (χ2v) is 7.57. The van der Waals surface area contributed by atoms with Crippen molar-refractivity contribution in [2.24, 2.45) is 5.92 Å². The van der Waals surface area contributed by atoms with Crippen molar-refractivity contribution in [1.82, 2.24) is 0 Å². The minimum atomic E-state index is -4.50. The van der Waals surface area contributed by atoms with Crippen LogP contribution in [0, 0.1) is 5.92 Å². The zero-order valence-corrected chi connectivity index (χ0v) is 11.6. The van der Waals surface area contributed by atoms with E-state index in [0.29, 0.717) is 0 Å². The molecule has 2 unspecified atom stereocenters. The SMILES string of the molecule is O=C1CC2CS(=O)(=O)CC2N1c1cccc(C(F)(F)F)c1. The molecule has 8 heteroatoms. The Labute approximate surface area is 119 Å². The lowest BCUT2D eigenvalue weighted by Crippen LogP contribution is -2.36. The average molecular weight is 319 g/mol. The van der Waals surface area contributed by atoms with Crippen LogP contribution in [0.1, 0.15) is 12.0 Å². The molecule has 1 aromatic carbocycles. The highest BCUT2D eigenvalue weighted by atomic mass is 32.2. The van der Waals surface area contributed by atoms with Crippen molar-refractivity contribution in [2.75, 3.05) is 16.4 Å². The smallest absolute Gasteiger partial charge is 0.308 e. The largest absolute Gasteiger partial charge is 0.416 e. The number of hydrogen-bond donors (Lipinski definition) is 0. The summed E-state index contributed by atoms with van der Waals surface area (Å²) in [5, 5.41) is 0. The van der Waals surface area contributed by atoms with E-state index in [-0.39, 0.29) is 35.4 Å². The lowest BCUT2D eigenvalue weighted by atomic mass is 10.0. The molecule has 0 saturated carbocycles. The first-order valence-corrected chi connectivity index (χ1v) is 8.19. The van der Waals surface area contributed by atoms with E-state index >= 15 is 0 Å². The number of anilines is 1. The summed E-state index contributed by atoms with van der Waals surface area (Å²) in [6.07, 6.45) is -4.43. The van der Waals surface area contributed by atoms with Gasteiger partial charge in [0.2, 0.25) is 5.91 Å². The molecule has 0 aliphatic carbocycles. The van der Waals surface area contributed by atoms with Crippen LogP contribution in [0.2, 0.25) is 0 Å². The number of alkyl halides is 3. The van der Waals surface area contributed by atoms with E-state index in [0.717, 1.165) is 12.1 Å². The van der Waals surface area contributed by atoms with Gasteiger partial charge in [-0.25, -0.2) is 8.42 Å². The molecular weight excluding hydrogens is 307 g/mol. The monoisotopic (exact) mass is 319 g/mol. The maximum absolute atomic E-state index is 12.7. The Bertz CT molecular complexity index is 699. The quantitative estimate of drug-likeness (QED) is 0.794. The third-order valence-corrected chi connectivity index (χ3v) is 5.71. The molecule has 2 fully saturated rings. The Balaban J connectivity index is 1.98. The van der Waals surface area contributed by atoms with Gasteiger partial charge in [0, 0.05) is 18.0 Å². The van der Waals surface area contributed by atoms with Gasteiger partial charge in [-0.05, 0) is 18.2 Å². The first kappa shape index (κ1) is 14.4. The van der Waals surface area contributed by atoms with Gasteiger partial charge in [0.1, 0.15) is 0 Å². The molecular formula is C13H12F3NO3S. The fourth-order valence-electron chi connectivity index (χ4n) is 3.06. The van der Waals surface area contributed by atoms with Gasteiger partial charge in [0.25, 0.3) is 0 Å². The summed E-state index contributed by atoms with van der Waals surface area (Å²) < 4.78 is 61.5. The molecule has 0 spiro atoms. The topological polar surface area (TPSA) is 54.5 Å². The van der Waals surface area contributed by atoms with Crippen LogP contribution in [0.5, 0.6) is 0 Å². The molecule has 0 N–H and O–H groups in total. The molecule has 0 bridgehead atoms. The number of halogens is 3. The Morgan fingerprint density at radius 3 is 2.57 bits per heavy atom. The molecule has 3 rings (SSSR count). The summed E-state index contributed by atoms with van der Waals surface area (Å²) in [7, 11) is -3.22. The van der Waals surface area contributed by atoms with E-state index in [2.05, 4.69) is 0 Å². The maximum Gasteiger partial charge on any atom is 0.416 e. The minimum absolute atomic E-state index is 0.0696. The molecule has 2 atom stereocenters. The summed E-state index contributed by atoms with van der Waals surface area (Å²) in [6, 6.07) is 3.90. The van der Waals surface area contributed by atoms with Crippen LogP contribution < -0.4 is 4.90 Å². The zero-order chi connectivity index (χ0) is 15.4. The van der Waals surface area contributed by atoms with Gasteiger partial charge in [0.05, 0.1) is 23.1 Å². The highest BCUT2D eigenvalue weighted by Gasteiger charge is 2.49. The van der Waals surface area contributed by atoms with Gasteiger partial charge >= 0.3 is 6.18 Å². The van der Waals surface area contributed by atoms with Crippen LogP contribution in [0.3, 0.4) is 0 Å². The normalized spacial score (nSPS) is 28.0. The number of hydrogen-bond acceptors (Lipinski definition) is 3. The average Bonchev–Trinajstić information content (AvgIpc) is 2.78.